The van der Waals surface area contributed by atoms with Crippen molar-refractivity contribution >= 4 is 33.8 Å². The van der Waals surface area contributed by atoms with E-state index < -0.39 is 0 Å². The van der Waals surface area contributed by atoms with Crippen LogP contribution < -0.4 is 5.32 Å². The molecule has 2 aromatic rings. The van der Waals surface area contributed by atoms with E-state index >= 15 is 0 Å². The zero-order valence-corrected chi connectivity index (χ0v) is 12.7. The number of hydrogen-bond donors (Lipinski definition) is 1. The highest BCUT2D eigenvalue weighted by Crippen LogP contribution is 2.37. The Morgan fingerprint density at radius 1 is 1.43 bits per heavy atom. The predicted octanol–water partition coefficient (Wildman–Crippen LogP) is 3.80. The van der Waals surface area contributed by atoms with Gasteiger partial charge in [0.25, 0.3) is 5.91 Å². The number of rotatable bonds is 2. The molecule has 1 N–H and O–H groups in total. The molecule has 6 heteroatoms. The molecule has 0 radical (unpaired) electrons. The number of carbonyl (C=O) groups excluding carboxylic acids is 1. The minimum Gasteiger partial charge on any atom is -0.312 e. The molecule has 0 aromatic carbocycles. The van der Waals surface area contributed by atoms with Gasteiger partial charge in [-0.05, 0) is 37.3 Å². The molecular weight excluding hydrogens is 306 g/mol. The van der Waals surface area contributed by atoms with E-state index in [1.165, 1.54) is 28.6 Å². The largest absolute Gasteiger partial charge is 0.312 e. The van der Waals surface area contributed by atoms with Gasteiger partial charge in [-0.3, -0.25) is 9.78 Å². The Hall–Kier alpha value is -1.90. The van der Waals surface area contributed by atoms with Gasteiger partial charge < -0.3 is 5.32 Å². The Kier molecular flexibility index (Phi) is 3.91. The number of thiophene rings is 1. The summed E-state index contributed by atoms with van der Waals surface area (Å²) in [5, 5.41) is 13.1. The number of aromatic nitrogens is 1. The lowest BCUT2D eigenvalue weighted by Crippen LogP contribution is -2.12. The van der Waals surface area contributed by atoms with Crippen molar-refractivity contribution in [3.05, 3.63) is 45.1 Å². The Morgan fingerprint density at radius 3 is 3.00 bits per heavy atom. The van der Waals surface area contributed by atoms with Crippen LogP contribution in [-0.2, 0) is 12.8 Å². The third-order valence-corrected chi connectivity index (χ3v) is 5.04. The zero-order chi connectivity index (χ0) is 14.8. The molecule has 21 heavy (non-hydrogen) atoms. The Morgan fingerprint density at radius 2 is 2.24 bits per heavy atom. The molecule has 2 aromatic heterocycles. The lowest BCUT2D eigenvalue weighted by atomic mass is 9.96. The molecule has 1 amide bonds. The van der Waals surface area contributed by atoms with Crippen molar-refractivity contribution in [1.29, 1.82) is 5.26 Å². The van der Waals surface area contributed by atoms with Gasteiger partial charge in [-0.25, -0.2) is 0 Å². The molecule has 0 bridgehead atoms. The first kappa shape index (κ1) is 14.1. The van der Waals surface area contributed by atoms with Crippen LogP contribution in [0.25, 0.3) is 0 Å². The molecule has 0 unspecified atom stereocenters. The summed E-state index contributed by atoms with van der Waals surface area (Å²) in [6.45, 7) is 0. The molecule has 3 rings (SSSR count). The number of halogens is 1. The second kappa shape index (κ2) is 5.84. The van der Waals surface area contributed by atoms with Gasteiger partial charge in [0.15, 0.2) is 0 Å². The van der Waals surface area contributed by atoms with Gasteiger partial charge in [0.2, 0.25) is 0 Å². The fraction of sp³-hybridized carbons (Fsp3) is 0.267. The summed E-state index contributed by atoms with van der Waals surface area (Å²) in [6.07, 6.45) is 7.09. The van der Waals surface area contributed by atoms with Crippen LogP contribution in [0, 0.1) is 11.3 Å². The second-order valence-corrected chi connectivity index (χ2v) is 6.35. The Bertz CT molecular complexity index is 748. The van der Waals surface area contributed by atoms with E-state index in [2.05, 4.69) is 16.4 Å². The van der Waals surface area contributed by atoms with Gasteiger partial charge in [-0.2, -0.15) is 5.26 Å². The van der Waals surface area contributed by atoms with Crippen molar-refractivity contribution < 1.29 is 4.79 Å². The number of nitriles is 1. The van der Waals surface area contributed by atoms with E-state index in [1.807, 2.05) is 0 Å². The smallest absolute Gasteiger partial charge is 0.257 e. The van der Waals surface area contributed by atoms with Crippen molar-refractivity contribution in [3.63, 3.8) is 0 Å². The van der Waals surface area contributed by atoms with Crippen LogP contribution in [0.2, 0.25) is 5.02 Å². The Labute approximate surface area is 131 Å². The number of nitrogens with one attached hydrogen (secondary N) is 1. The molecule has 4 nitrogen and oxygen atoms in total. The van der Waals surface area contributed by atoms with E-state index in [1.54, 1.807) is 6.07 Å². The molecular formula is C15H12ClN3OS. The van der Waals surface area contributed by atoms with Crippen LogP contribution in [0.1, 0.15) is 39.2 Å². The van der Waals surface area contributed by atoms with Gasteiger partial charge in [0, 0.05) is 17.3 Å². The number of pyridine rings is 1. The van der Waals surface area contributed by atoms with Crippen LogP contribution in [0.3, 0.4) is 0 Å². The summed E-state index contributed by atoms with van der Waals surface area (Å²) >= 11 is 7.48. The maximum absolute atomic E-state index is 12.3. The standard InChI is InChI=1S/C15H12ClN3OS/c16-12-8-18-6-5-10(12)14(20)19-15-11(7-17)9-3-1-2-4-13(9)21-15/h5-6,8H,1-4H2,(H,19,20). The normalized spacial score (nSPS) is 13.3. The predicted molar refractivity (Wildman–Crippen MR) is 82.9 cm³/mol. The number of aryl methyl sites for hydroxylation is 1. The van der Waals surface area contributed by atoms with Crippen molar-refractivity contribution in [2.24, 2.45) is 0 Å². The molecule has 0 saturated carbocycles. The second-order valence-electron chi connectivity index (χ2n) is 4.84. The van der Waals surface area contributed by atoms with Crippen molar-refractivity contribution in [2.75, 3.05) is 5.32 Å². The number of fused-ring (bicyclic) bond motifs is 1. The number of anilines is 1. The monoisotopic (exact) mass is 317 g/mol. The molecule has 2 heterocycles. The first-order valence-corrected chi connectivity index (χ1v) is 7.85. The highest BCUT2D eigenvalue weighted by Gasteiger charge is 2.22. The minimum absolute atomic E-state index is 0.301. The van der Waals surface area contributed by atoms with E-state index in [0.717, 1.165) is 31.2 Å². The lowest BCUT2D eigenvalue weighted by molar-refractivity contribution is 0.102. The Balaban J connectivity index is 1.92. The SMILES string of the molecule is N#Cc1c(NC(=O)c2ccncc2Cl)sc2c1CCCC2. The minimum atomic E-state index is -0.308. The van der Waals surface area contributed by atoms with Gasteiger partial charge in [0.05, 0.1) is 16.1 Å². The lowest BCUT2D eigenvalue weighted by Gasteiger charge is -2.09. The van der Waals surface area contributed by atoms with E-state index in [-0.39, 0.29) is 5.91 Å². The van der Waals surface area contributed by atoms with Crippen LogP contribution in [0.5, 0.6) is 0 Å². The molecule has 0 spiro atoms. The quantitative estimate of drug-likeness (QED) is 0.916. The van der Waals surface area contributed by atoms with Gasteiger partial charge in [-0.1, -0.05) is 11.6 Å². The molecule has 1 aliphatic rings. The molecule has 0 aliphatic heterocycles. The molecule has 1 aliphatic carbocycles. The average Bonchev–Trinajstić information content (AvgIpc) is 2.84. The summed E-state index contributed by atoms with van der Waals surface area (Å²) in [5.74, 6) is -0.308. The first-order valence-electron chi connectivity index (χ1n) is 6.66. The maximum Gasteiger partial charge on any atom is 0.257 e. The molecule has 106 valence electrons. The van der Waals surface area contributed by atoms with Crippen molar-refractivity contribution in [3.8, 4) is 6.07 Å². The molecule has 0 saturated heterocycles. The van der Waals surface area contributed by atoms with Crippen LogP contribution in [0.15, 0.2) is 18.5 Å². The van der Waals surface area contributed by atoms with Crippen LogP contribution in [0.4, 0.5) is 5.00 Å². The topological polar surface area (TPSA) is 65.8 Å². The zero-order valence-electron chi connectivity index (χ0n) is 11.1. The summed E-state index contributed by atoms with van der Waals surface area (Å²) < 4.78 is 0. The van der Waals surface area contributed by atoms with Gasteiger partial charge in [-0.15, -0.1) is 11.3 Å². The number of nitrogens with zero attached hydrogens (tertiary/aromatic N) is 2. The summed E-state index contributed by atoms with van der Waals surface area (Å²) in [6, 6.07) is 3.79. The van der Waals surface area contributed by atoms with Crippen LogP contribution >= 0.6 is 22.9 Å². The number of amides is 1. The fourth-order valence-corrected chi connectivity index (χ4v) is 3.94. The summed E-state index contributed by atoms with van der Waals surface area (Å²) in [5.41, 5.74) is 2.07. The number of carbonyl (C=O) groups is 1. The van der Waals surface area contributed by atoms with E-state index in [9.17, 15) is 10.1 Å². The summed E-state index contributed by atoms with van der Waals surface area (Å²) in [4.78, 5) is 17.4. The number of hydrogen-bond acceptors (Lipinski definition) is 4. The van der Waals surface area contributed by atoms with Gasteiger partial charge >= 0.3 is 0 Å². The van der Waals surface area contributed by atoms with Crippen molar-refractivity contribution in [2.45, 2.75) is 25.7 Å². The third kappa shape index (κ3) is 2.65. The average molecular weight is 318 g/mol. The van der Waals surface area contributed by atoms with Crippen LogP contribution in [-0.4, -0.2) is 10.9 Å². The molecule has 0 atom stereocenters. The summed E-state index contributed by atoms with van der Waals surface area (Å²) in [7, 11) is 0. The fourth-order valence-electron chi connectivity index (χ4n) is 2.50. The van der Waals surface area contributed by atoms with Crippen molar-refractivity contribution in [1.82, 2.24) is 4.98 Å². The third-order valence-electron chi connectivity index (χ3n) is 3.53. The highest BCUT2D eigenvalue weighted by molar-refractivity contribution is 7.16. The van der Waals surface area contributed by atoms with Gasteiger partial charge in [0.1, 0.15) is 11.1 Å². The van der Waals surface area contributed by atoms with E-state index in [4.69, 9.17) is 11.6 Å². The first-order chi connectivity index (χ1) is 10.2. The molecule has 0 fully saturated rings. The highest BCUT2D eigenvalue weighted by atomic mass is 35.5. The maximum atomic E-state index is 12.3. The van der Waals surface area contributed by atoms with E-state index in [0.29, 0.717) is 21.2 Å².